The predicted molar refractivity (Wildman–Crippen MR) is 75.3 cm³/mol. The first-order chi connectivity index (χ1) is 9.81. The van der Waals surface area contributed by atoms with Crippen molar-refractivity contribution in [3.05, 3.63) is 59.4 Å². The zero-order valence-electron chi connectivity index (χ0n) is 11.0. The van der Waals surface area contributed by atoms with Crippen molar-refractivity contribution in [1.29, 1.82) is 0 Å². The highest BCUT2D eigenvalue weighted by Crippen LogP contribution is 2.22. The molecular weight excluding hydrogens is 297 g/mol. The molecule has 0 heterocycles. The van der Waals surface area contributed by atoms with Crippen molar-refractivity contribution >= 4 is 21.7 Å². The van der Waals surface area contributed by atoms with Crippen molar-refractivity contribution in [2.45, 2.75) is 11.8 Å². The highest BCUT2D eigenvalue weighted by Gasteiger charge is 2.20. The molecule has 0 aliphatic carbocycles. The van der Waals surface area contributed by atoms with Crippen LogP contribution in [0.15, 0.2) is 47.4 Å². The lowest BCUT2D eigenvalue weighted by Gasteiger charge is -2.11. The van der Waals surface area contributed by atoms with Gasteiger partial charge in [-0.3, -0.25) is 4.72 Å². The van der Waals surface area contributed by atoms with Crippen molar-refractivity contribution in [2.75, 3.05) is 4.72 Å². The molecule has 21 heavy (non-hydrogen) atoms. The maximum absolute atomic E-state index is 13.1. The van der Waals surface area contributed by atoms with Gasteiger partial charge in [-0.2, -0.15) is 0 Å². The standard InChI is InChI=1S/C14H12FNO4S/c1-9-12(14(17)18)6-3-7-13(9)21(19,20)16-11-5-2-4-10(15)8-11/h2-8,16H,1H3,(H,17,18). The molecule has 0 unspecified atom stereocenters. The molecule has 0 atom stereocenters. The van der Waals surface area contributed by atoms with Gasteiger partial charge < -0.3 is 5.11 Å². The van der Waals surface area contributed by atoms with E-state index in [-0.39, 0.29) is 21.7 Å². The second-order valence-electron chi connectivity index (χ2n) is 4.35. The molecule has 0 aromatic heterocycles. The molecule has 0 bridgehead atoms. The molecule has 5 nitrogen and oxygen atoms in total. The van der Waals surface area contributed by atoms with E-state index in [2.05, 4.69) is 4.72 Å². The van der Waals surface area contributed by atoms with Crippen molar-refractivity contribution in [2.24, 2.45) is 0 Å². The van der Waals surface area contributed by atoms with Crippen LogP contribution in [-0.4, -0.2) is 19.5 Å². The number of aromatic carboxylic acids is 1. The minimum absolute atomic E-state index is 0.0649. The predicted octanol–water partition coefficient (Wildman–Crippen LogP) is 2.63. The summed E-state index contributed by atoms with van der Waals surface area (Å²) in [5.74, 6) is -1.79. The number of carboxylic acid groups (broad SMARTS) is 1. The van der Waals surface area contributed by atoms with Gasteiger partial charge in [0.25, 0.3) is 10.0 Å². The van der Waals surface area contributed by atoms with Gasteiger partial charge in [-0.1, -0.05) is 12.1 Å². The van der Waals surface area contributed by atoms with E-state index in [0.717, 1.165) is 6.07 Å². The summed E-state index contributed by atoms with van der Waals surface area (Å²) in [6.45, 7) is 1.41. The molecule has 0 fully saturated rings. The van der Waals surface area contributed by atoms with E-state index >= 15 is 0 Å². The maximum Gasteiger partial charge on any atom is 0.335 e. The molecule has 0 aliphatic rings. The molecule has 7 heteroatoms. The third kappa shape index (κ3) is 3.19. The second kappa shape index (κ2) is 5.53. The Kier molecular flexibility index (Phi) is 3.95. The number of rotatable bonds is 4. The zero-order chi connectivity index (χ0) is 15.6. The monoisotopic (exact) mass is 309 g/mol. The Morgan fingerprint density at radius 3 is 2.48 bits per heavy atom. The molecule has 2 rings (SSSR count). The molecule has 0 amide bonds. The Labute approximate surface area is 121 Å². The minimum Gasteiger partial charge on any atom is -0.478 e. The summed E-state index contributed by atoms with van der Waals surface area (Å²) < 4.78 is 39.9. The van der Waals surface area contributed by atoms with E-state index < -0.39 is 21.8 Å². The fourth-order valence-electron chi connectivity index (χ4n) is 1.90. The number of anilines is 1. The molecule has 0 spiro atoms. The molecule has 2 N–H and O–H groups in total. The average Bonchev–Trinajstić information content (AvgIpc) is 2.37. The van der Waals surface area contributed by atoms with Gasteiger partial charge in [0.05, 0.1) is 16.1 Å². The van der Waals surface area contributed by atoms with Crippen LogP contribution in [0.1, 0.15) is 15.9 Å². The van der Waals surface area contributed by atoms with Crippen LogP contribution in [0.5, 0.6) is 0 Å². The molecule has 0 radical (unpaired) electrons. The number of carboxylic acids is 1. The maximum atomic E-state index is 13.1. The number of hydrogen-bond donors (Lipinski definition) is 2. The van der Waals surface area contributed by atoms with E-state index in [1.807, 2.05) is 0 Å². The second-order valence-corrected chi connectivity index (χ2v) is 6.00. The fraction of sp³-hybridized carbons (Fsp3) is 0.0714. The molecule has 0 aliphatic heterocycles. The smallest absolute Gasteiger partial charge is 0.335 e. The molecule has 2 aromatic carbocycles. The van der Waals surface area contributed by atoms with Gasteiger partial charge in [0.15, 0.2) is 0 Å². The third-order valence-electron chi connectivity index (χ3n) is 2.88. The van der Waals surface area contributed by atoms with Crippen molar-refractivity contribution in [3.63, 3.8) is 0 Å². The van der Waals surface area contributed by atoms with Crippen LogP contribution in [-0.2, 0) is 10.0 Å². The van der Waals surface area contributed by atoms with Crippen LogP contribution in [0.2, 0.25) is 0 Å². The lowest BCUT2D eigenvalue weighted by atomic mass is 10.1. The quantitative estimate of drug-likeness (QED) is 0.909. The number of sulfonamides is 1. The summed E-state index contributed by atoms with van der Waals surface area (Å²) in [6, 6.07) is 8.95. The van der Waals surface area contributed by atoms with Crippen LogP contribution >= 0.6 is 0 Å². The highest BCUT2D eigenvalue weighted by molar-refractivity contribution is 7.92. The first-order valence-corrected chi connectivity index (χ1v) is 7.41. The summed E-state index contributed by atoms with van der Waals surface area (Å²) in [7, 11) is -4.00. The van der Waals surface area contributed by atoms with E-state index in [1.54, 1.807) is 0 Å². The fourth-order valence-corrected chi connectivity index (χ4v) is 3.22. The Morgan fingerprint density at radius 1 is 1.19 bits per heavy atom. The largest absolute Gasteiger partial charge is 0.478 e. The van der Waals surface area contributed by atoms with E-state index in [4.69, 9.17) is 5.11 Å². The van der Waals surface area contributed by atoms with E-state index in [1.165, 1.54) is 43.3 Å². The summed E-state index contributed by atoms with van der Waals surface area (Å²) >= 11 is 0. The van der Waals surface area contributed by atoms with Crippen molar-refractivity contribution in [3.8, 4) is 0 Å². The highest BCUT2D eigenvalue weighted by atomic mass is 32.2. The third-order valence-corrected chi connectivity index (χ3v) is 4.41. The van der Waals surface area contributed by atoms with Gasteiger partial charge in [0, 0.05) is 0 Å². The molecular formula is C14H12FNO4S. The number of halogens is 1. The Bertz CT molecular complexity index is 802. The van der Waals surface area contributed by atoms with Crippen LogP contribution in [0.4, 0.5) is 10.1 Å². The van der Waals surface area contributed by atoms with Crippen molar-refractivity contribution in [1.82, 2.24) is 0 Å². The van der Waals surface area contributed by atoms with Gasteiger partial charge in [-0.05, 0) is 42.8 Å². The molecule has 2 aromatic rings. The van der Waals surface area contributed by atoms with Crippen LogP contribution in [0, 0.1) is 12.7 Å². The van der Waals surface area contributed by atoms with Gasteiger partial charge in [-0.15, -0.1) is 0 Å². The number of carbonyl (C=O) groups is 1. The van der Waals surface area contributed by atoms with E-state index in [9.17, 15) is 17.6 Å². The summed E-state index contributed by atoms with van der Waals surface area (Å²) in [4.78, 5) is 10.9. The first-order valence-electron chi connectivity index (χ1n) is 5.92. The topological polar surface area (TPSA) is 83.5 Å². The average molecular weight is 309 g/mol. The molecule has 110 valence electrons. The normalized spacial score (nSPS) is 11.1. The van der Waals surface area contributed by atoms with E-state index in [0.29, 0.717) is 0 Å². The van der Waals surface area contributed by atoms with Gasteiger partial charge >= 0.3 is 5.97 Å². The van der Waals surface area contributed by atoms with Gasteiger partial charge in [0.2, 0.25) is 0 Å². The number of benzene rings is 2. The first kappa shape index (κ1) is 15.0. The number of nitrogens with one attached hydrogen (secondary N) is 1. The van der Waals surface area contributed by atoms with Crippen LogP contribution in [0.3, 0.4) is 0 Å². The Balaban J connectivity index is 2.45. The van der Waals surface area contributed by atoms with Crippen LogP contribution in [0.25, 0.3) is 0 Å². The Hall–Kier alpha value is -2.41. The molecule has 0 saturated carbocycles. The number of hydrogen-bond acceptors (Lipinski definition) is 3. The molecule has 0 saturated heterocycles. The van der Waals surface area contributed by atoms with Crippen molar-refractivity contribution < 1.29 is 22.7 Å². The van der Waals surface area contributed by atoms with Gasteiger partial charge in [0.1, 0.15) is 5.82 Å². The lowest BCUT2D eigenvalue weighted by Crippen LogP contribution is -2.16. The SMILES string of the molecule is Cc1c(C(=O)O)cccc1S(=O)(=O)Nc1cccc(F)c1. The zero-order valence-corrected chi connectivity index (χ0v) is 11.8. The Morgan fingerprint density at radius 2 is 1.86 bits per heavy atom. The van der Waals surface area contributed by atoms with Gasteiger partial charge in [-0.25, -0.2) is 17.6 Å². The summed E-state index contributed by atoms with van der Waals surface area (Å²) in [5, 5.41) is 9.02. The summed E-state index contributed by atoms with van der Waals surface area (Å²) in [6.07, 6.45) is 0. The van der Waals surface area contributed by atoms with Crippen LogP contribution < -0.4 is 4.72 Å². The lowest BCUT2D eigenvalue weighted by molar-refractivity contribution is 0.0696. The minimum atomic E-state index is -4.00. The summed E-state index contributed by atoms with van der Waals surface area (Å²) in [5.41, 5.74) is 0.0844.